The summed E-state index contributed by atoms with van der Waals surface area (Å²) in [4.78, 5) is 0. The molecule has 194 valence electrons. The number of aliphatic hydroxyl groups is 1. The van der Waals surface area contributed by atoms with Gasteiger partial charge in [-0.2, -0.15) is 57.1 Å². The Morgan fingerprint density at radius 3 is 1.44 bits per heavy atom. The smallest absolute Gasteiger partial charge is 0.386 e. The first-order valence-electron chi connectivity index (χ1n) is 8.20. The molecule has 0 aliphatic rings. The number of halogens is 13. The molecule has 0 saturated carbocycles. The van der Waals surface area contributed by atoms with E-state index in [9.17, 15) is 70.6 Å². The molecule has 0 aliphatic carbocycles. The summed E-state index contributed by atoms with van der Waals surface area (Å²) >= 11 is 0. The van der Waals surface area contributed by atoms with E-state index in [1.54, 1.807) is 0 Å². The van der Waals surface area contributed by atoms with E-state index in [0.29, 0.717) is 0 Å². The van der Waals surface area contributed by atoms with Gasteiger partial charge in [-0.3, -0.25) is 0 Å². The molecule has 1 atom stereocenters. The van der Waals surface area contributed by atoms with Crippen LogP contribution in [0, 0.1) is 0 Å². The van der Waals surface area contributed by atoms with Crippen LogP contribution >= 0.6 is 0 Å². The van der Waals surface area contributed by atoms with E-state index in [0.717, 1.165) is 0 Å². The van der Waals surface area contributed by atoms with Gasteiger partial charge in [0.1, 0.15) is 12.6 Å². The minimum absolute atomic E-state index is 0.0698. The molecular weight excluding hydrogens is 509 g/mol. The fourth-order valence-electron chi connectivity index (χ4n) is 2.30. The van der Waals surface area contributed by atoms with Crippen LogP contribution in [0.25, 0.3) is 0 Å². The van der Waals surface area contributed by atoms with Crippen molar-refractivity contribution in [3.8, 4) is 0 Å². The number of aliphatic hydroxyl groups excluding tert-OH is 1. The molecule has 0 fully saturated rings. The Hall–Kier alpha value is -1.04. The zero-order chi connectivity index (χ0) is 26.4. The number of rotatable bonds is 11. The minimum atomic E-state index is -8.04. The first kappa shape index (κ1) is 31.0. The molecule has 0 bridgehead atoms. The number of hydrogen-bond acceptors (Lipinski definition) is 3. The van der Waals surface area contributed by atoms with E-state index in [-0.39, 0.29) is 11.0 Å². The Bertz CT molecular complexity index is 757. The second kappa shape index (κ2) is 8.63. The van der Waals surface area contributed by atoms with Crippen molar-refractivity contribution in [2.45, 2.75) is 48.3 Å². The Morgan fingerprint density at radius 1 is 0.719 bits per heavy atom. The lowest BCUT2D eigenvalue weighted by Gasteiger charge is -2.39. The summed E-state index contributed by atoms with van der Waals surface area (Å²) in [5, 5.41) is 9.57. The highest BCUT2D eigenvalue weighted by atomic mass is 32.2. The molecule has 0 spiro atoms. The fourth-order valence-corrected chi connectivity index (χ4v) is 3.73. The first-order valence-corrected chi connectivity index (χ1v) is 10.0. The number of quaternary nitrogens is 1. The van der Waals surface area contributed by atoms with Crippen LogP contribution in [0.4, 0.5) is 57.1 Å². The molecule has 0 radical (unpaired) electrons. The normalized spacial score (nSPS) is 16.9. The van der Waals surface area contributed by atoms with Gasteiger partial charge in [-0.1, -0.05) is 0 Å². The average Bonchev–Trinajstić information content (AvgIpc) is 2.48. The quantitative estimate of drug-likeness (QED) is 0.330. The van der Waals surface area contributed by atoms with Gasteiger partial charge >= 0.3 is 35.8 Å². The van der Waals surface area contributed by atoms with Crippen molar-refractivity contribution in [2.75, 3.05) is 39.2 Å². The van der Waals surface area contributed by atoms with E-state index < -0.39 is 69.7 Å². The van der Waals surface area contributed by atoms with Crippen LogP contribution in [0.5, 0.6) is 0 Å². The SMILES string of the molecule is C[N+](C)(C)CC(O)CS(=O)(=O)CCC(F)(F)C(F)(F)C(F)(F)C(F)(F)C(F)(F)C(F)(F)F. The molecular formula is C14H19F13NO3S+. The van der Waals surface area contributed by atoms with Crippen LogP contribution in [0.15, 0.2) is 0 Å². The number of nitrogens with zero attached hydrogens (tertiary/aromatic N) is 1. The van der Waals surface area contributed by atoms with Crippen molar-refractivity contribution in [3.05, 3.63) is 0 Å². The first-order chi connectivity index (χ1) is 13.6. The van der Waals surface area contributed by atoms with E-state index in [1.165, 1.54) is 21.1 Å². The van der Waals surface area contributed by atoms with Crippen LogP contribution in [-0.2, 0) is 9.84 Å². The summed E-state index contributed by atoms with van der Waals surface area (Å²) in [5.41, 5.74) is 0. The molecule has 1 unspecified atom stereocenters. The number of hydrogen-bond donors (Lipinski definition) is 1. The molecule has 18 heteroatoms. The third kappa shape index (κ3) is 6.09. The third-order valence-corrected chi connectivity index (χ3v) is 5.65. The molecule has 4 nitrogen and oxygen atoms in total. The lowest BCUT2D eigenvalue weighted by molar-refractivity contribution is -0.873. The zero-order valence-corrected chi connectivity index (χ0v) is 17.3. The summed E-state index contributed by atoms with van der Waals surface area (Å²) in [7, 11) is -0.569. The summed E-state index contributed by atoms with van der Waals surface area (Å²) in [6, 6.07) is 0. The summed E-state index contributed by atoms with van der Waals surface area (Å²) in [6.07, 6.45) is -12.1. The van der Waals surface area contributed by atoms with Gasteiger partial charge in [-0.05, 0) is 0 Å². The average molecular weight is 528 g/mol. The fraction of sp³-hybridized carbons (Fsp3) is 1.00. The Balaban J connectivity index is 5.82. The lowest BCUT2D eigenvalue weighted by atomic mass is 9.93. The van der Waals surface area contributed by atoms with Gasteiger partial charge in [0, 0.05) is 6.42 Å². The van der Waals surface area contributed by atoms with Crippen LogP contribution in [0.1, 0.15) is 6.42 Å². The maximum atomic E-state index is 13.6. The van der Waals surface area contributed by atoms with Gasteiger partial charge in [0.25, 0.3) is 0 Å². The standard InChI is InChI=1S/C14H19F13NO3S/c1-28(2,3)6-8(29)7-32(30,31)5-4-9(15,16)10(17,18)11(19,20)12(21,22)13(23,24)14(25,26)27/h8,29H,4-7H2,1-3H3/q+1. The predicted molar refractivity (Wildman–Crippen MR) is 83.0 cm³/mol. The molecule has 0 amide bonds. The number of alkyl halides is 13. The van der Waals surface area contributed by atoms with E-state index in [1.807, 2.05) is 0 Å². The van der Waals surface area contributed by atoms with Crippen LogP contribution in [-0.4, -0.2) is 99.1 Å². The maximum Gasteiger partial charge on any atom is 0.460 e. The highest BCUT2D eigenvalue weighted by Crippen LogP contribution is 2.60. The highest BCUT2D eigenvalue weighted by Gasteiger charge is 2.90. The van der Waals surface area contributed by atoms with Gasteiger partial charge in [0.2, 0.25) is 0 Å². The van der Waals surface area contributed by atoms with Crippen LogP contribution in [0.3, 0.4) is 0 Å². The molecule has 0 saturated heterocycles. The largest absolute Gasteiger partial charge is 0.460 e. The van der Waals surface area contributed by atoms with Crippen LogP contribution < -0.4 is 0 Å². The van der Waals surface area contributed by atoms with Crippen molar-refractivity contribution in [3.63, 3.8) is 0 Å². The van der Waals surface area contributed by atoms with E-state index in [4.69, 9.17) is 0 Å². The van der Waals surface area contributed by atoms with Crippen molar-refractivity contribution < 1.29 is 75.1 Å². The third-order valence-electron chi connectivity index (χ3n) is 3.93. The summed E-state index contributed by atoms with van der Waals surface area (Å²) in [6.45, 7) is -0.317. The molecule has 0 heterocycles. The topological polar surface area (TPSA) is 54.4 Å². The monoisotopic (exact) mass is 528 g/mol. The van der Waals surface area contributed by atoms with Crippen molar-refractivity contribution in [1.29, 1.82) is 0 Å². The second-order valence-electron chi connectivity index (χ2n) is 7.99. The summed E-state index contributed by atoms with van der Waals surface area (Å²) in [5.74, 6) is -41.3. The van der Waals surface area contributed by atoms with Crippen molar-refractivity contribution >= 4 is 9.84 Å². The van der Waals surface area contributed by atoms with Gasteiger partial charge in [0.15, 0.2) is 9.84 Å². The van der Waals surface area contributed by atoms with Crippen molar-refractivity contribution in [2.24, 2.45) is 0 Å². The van der Waals surface area contributed by atoms with E-state index in [2.05, 4.69) is 0 Å². The minimum Gasteiger partial charge on any atom is -0.386 e. The zero-order valence-electron chi connectivity index (χ0n) is 16.4. The van der Waals surface area contributed by atoms with Crippen molar-refractivity contribution in [1.82, 2.24) is 0 Å². The van der Waals surface area contributed by atoms with Gasteiger partial charge in [-0.15, -0.1) is 0 Å². The van der Waals surface area contributed by atoms with E-state index >= 15 is 0 Å². The Kier molecular flexibility index (Phi) is 8.35. The number of likely N-dealkylation sites (N-methyl/N-ethyl adjacent to an activating group) is 1. The molecule has 32 heavy (non-hydrogen) atoms. The molecule has 1 N–H and O–H groups in total. The van der Waals surface area contributed by atoms with Gasteiger partial charge in [0.05, 0.1) is 32.6 Å². The molecule has 0 aromatic heterocycles. The lowest BCUT2D eigenvalue weighted by Crippen LogP contribution is -2.70. The number of sulfone groups is 1. The molecule has 0 aliphatic heterocycles. The highest BCUT2D eigenvalue weighted by molar-refractivity contribution is 7.91. The summed E-state index contributed by atoms with van der Waals surface area (Å²) < 4.78 is 192. The maximum absolute atomic E-state index is 13.6. The molecule has 0 aromatic carbocycles. The van der Waals surface area contributed by atoms with Crippen LogP contribution in [0.2, 0.25) is 0 Å². The predicted octanol–water partition coefficient (Wildman–Crippen LogP) is 3.60. The van der Waals surface area contributed by atoms with Gasteiger partial charge in [-0.25, -0.2) is 8.42 Å². The second-order valence-corrected chi connectivity index (χ2v) is 10.2. The molecule has 0 rings (SSSR count). The van der Waals surface area contributed by atoms with Gasteiger partial charge < -0.3 is 9.59 Å². The Labute approximate surface area is 173 Å². The molecule has 0 aromatic rings. The Morgan fingerprint density at radius 2 is 1.09 bits per heavy atom.